The highest BCUT2D eigenvalue weighted by atomic mass is 16.1. The Morgan fingerprint density at radius 2 is 1.85 bits per heavy atom. The zero-order valence-electron chi connectivity index (χ0n) is 14.6. The standard InChI is InChI=1S/C21H19N5O/c27-21(18-8-6-17(7-9-18)19-10-11-23-25-19)24-20(14-26-13-12-22-15-26)16-4-2-1-3-5-16/h1-13,15,20H,14H2,(H,23,25)(H,24,27)/t20-/m0/s1. The molecule has 0 aliphatic carbocycles. The first-order valence-electron chi connectivity index (χ1n) is 8.71. The summed E-state index contributed by atoms with van der Waals surface area (Å²) >= 11 is 0. The van der Waals surface area contributed by atoms with Gasteiger partial charge in [-0.3, -0.25) is 9.89 Å². The molecule has 4 rings (SSSR count). The molecule has 27 heavy (non-hydrogen) atoms. The molecule has 0 fully saturated rings. The molecule has 134 valence electrons. The van der Waals surface area contributed by atoms with Crippen molar-refractivity contribution in [3.63, 3.8) is 0 Å². The topological polar surface area (TPSA) is 75.6 Å². The maximum Gasteiger partial charge on any atom is 0.251 e. The van der Waals surface area contributed by atoms with Crippen molar-refractivity contribution in [2.75, 3.05) is 0 Å². The summed E-state index contributed by atoms with van der Waals surface area (Å²) in [6.45, 7) is 0.613. The predicted molar refractivity (Wildman–Crippen MR) is 103 cm³/mol. The summed E-state index contributed by atoms with van der Waals surface area (Å²) in [5, 5.41) is 10.0. The zero-order chi connectivity index (χ0) is 18.5. The number of nitrogens with zero attached hydrogens (tertiary/aromatic N) is 3. The van der Waals surface area contributed by atoms with E-state index < -0.39 is 0 Å². The molecule has 0 unspecified atom stereocenters. The van der Waals surface area contributed by atoms with Crippen LogP contribution in [-0.2, 0) is 6.54 Å². The molecule has 0 radical (unpaired) electrons. The third-order valence-electron chi connectivity index (χ3n) is 4.42. The molecular formula is C21H19N5O. The molecule has 2 N–H and O–H groups in total. The van der Waals surface area contributed by atoms with Crippen molar-refractivity contribution in [3.05, 3.63) is 96.7 Å². The van der Waals surface area contributed by atoms with Gasteiger partial charge in [-0.05, 0) is 29.3 Å². The van der Waals surface area contributed by atoms with Gasteiger partial charge in [0.05, 0.1) is 18.1 Å². The fraction of sp³-hybridized carbons (Fsp3) is 0.0952. The Hall–Kier alpha value is -3.67. The van der Waals surface area contributed by atoms with Crippen molar-refractivity contribution < 1.29 is 4.79 Å². The van der Waals surface area contributed by atoms with Crippen LogP contribution in [0.15, 0.2) is 85.6 Å². The first kappa shape index (κ1) is 16.8. The highest BCUT2D eigenvalue weighted by Gasteiger charge is 2.16. The lowest BCUT2D eigenvalue weighted by Crippen LogP contribution is -2.31. The van der Waals surface area contributed by atoms with Gasteiger partial charge in [-0.2, -0.15) is 5.10 Å². The van der Waals surface area contributed by atoms with E-state index in [2.05, 4.69) is 20.5 Å². The number of carbonyl (C=O) groups is 1. The SMILES string of the molecule is O=C(N[C@@H](Cn1ccnc1)c1ccccc1)c1ccc(-c2ccn[nH]2)cc1. The Balaban J connectivity index is 1.52. The normalized spacial score (nSPS) is 11.9. The van der Waals surface area contributed by atoms with Crippen LogP contribution in [-0.4, -0.2) is 25.7 Å². The molecule has 0 bridgehead atoms. The van der Waals surface area contributed by atoms with Crippen LogP contribution in [0.5, 0.6) is 0 Å². The van der Waals surface area contributed by atoms with Gasteiger partial charge in [0.25, 0.3) is 5.91 Å². The lowest BCUT2D eigenvalue weighted by atomic mass is 10.1. The maximum atomic E-state index is 12.8. The van der Waals surface area contributed by atoms with Gasteiger partial charge in [-0.25, -0.2) is 4.98 Å². The number of aromatic nitrogens is 4. The molecule has 1 amide bonds. The van der Waals surface area contributed by atoms with Gasteiger partial charge < -0.3 is 9.88 Å². The van der Waals surface area contributed by atoms with Crippen molar-refractivity contribution in [1.82, 2.24) is 25.1 Å². The summed E-state index contributed by atoms with van der Waals surface area (Å²) in [4.78, 5) is 16.9. The van der Waals surface area contributed by atoms with Crippen LogP contribution in [0, 0.1) is 0 Å². The van der Waals surface area contributed by atoms with Gasteiger partial charge in [-0.1, -0.05) is 42.5 Å². The third-order valence-corrected chi connectivity index (χ3v) is 4.42. The van der Waals surface area contributed by atoms with Crippen LogP contribution in [0.1, 0.15) is 22.0 Å². The van der Waals surface area contributed by atoms with E-state index in [4.69, 9.17) is 0 Å². The smallest absolute Gasteiger partial charge is 0.251 e. The Bertz CT molecular complexity index is 977. The van der Waals surface area contributed by atoms with E-state index in [-0.39, 0.29) is 11.9 Å². The van der Waals surface area contributed by atoms with E-state index >= 15 is 0 Å². The minimum absolute atomic E-state index is 0.111. The van der Waals surface area contributed by atoms with Crippen LogP contribution < -0.4 is 5.32 Å². The molecule has 6 nitrogen and oxygen atoms in total. The summed E-state index contributed by atoms with van der Waals surface area (Å²) in [5.74, 6) is -0.111. The molecule has 1 atom stereocenters. The van der Waals surface area contributed by atoms with Crippen molar-refractivity contribution >= 4 is 5.91 Å². The predicted octanol–water partition coefficient (Wildman–Crippen LogP) is 3.44. The molecule has 2 aromatic heterocycles. The summed E-state index contributed by atoms with van der Waals surface area (Å²) < 4.78 is 1.96. The number of hydrogen-bond donors (Lipinski definition) is 2. The van der Waals surface area contributed by atoms with Gasteiger partial charge in [-0.15, -0.1) is 0 Å². The minimum Gasteiger partial charge on any atom is -0.343 e. The van der Waals surface area contributed by atoms with Crippen molar-refractivity contribution in [2.45, 2.75) is 12.6 Å². The Labute approximate surface area is 156 Å². The number of carbonyl (C=O) groups excluding carboxylic acids is 1. The van der Waals surface area contributed by atoms with Crippen molar-refractivity contribution in [1.29, 1.82) is 0 Å². The lowest BCUT2D eigenvalue weighted by molar-refractivity contribution is 0.0932. The number of H-pyrrole nitrogens is 1. The number of amides is 1. The van der Waals surface area contributed by atoms with E-state index in [9.17, 15) is 4.79 Å². The van der Waals surface area contributed by atoms with E-state index in [1.165, 1.54) is 0 Å². The summed E-state index contributed by atoms with van der Waals surface area (Å²) in [6.07, 6.45) is 7.08. The number of imidazole rings is 1. The van der Waals surface area contributed by atoms with Crippen LogP contribution in [0.2, 0.25) is 0 Å². The molecule has 2 heterocycles. The molecule has 6 heteroatoms. The first-order valence-corrected chi connectivity index (χ1v) is 8.71. The first-order chi connectivity index (χ1) is 13.3. The molecule has 0 aliphatic heterocycles. The molecule has 0 saturated carbocycles. The number of benzene rings is 2. The molecule has 2 aromatic carbocycles. The molecular weight excluding hydrogens is 338 g/mol. The van der Waals surface area contributed by atoms with Gasteiger partial charge in [0.15, 0.2) is 0 Å². The quantitative estimate of drug-likeness (QED) is 0.555. The average Bonchev–Trinajstić information content (AvgIpc) is 3.42. The van der Waals surface area contributed by atoms with Crippen LogP contribution >= 0.6 is 0 Å². The minimum atomic E-state index is -0.153. The summed E-state index contributed by atoms with van der Waals surface area (Å²) in [7, 11) is 0. The Morgan fingerprint density at radius 3 is 2.52 bits per heavy atom. The van der Waals surface area contributed by atoms with E-state index in [1.807, 2.05) is 71.4 Å². The second kappa shape index (κ2) is 7.70. The van der Waals surface area contributed by atoms with Crippen molar-refractivity contribution in [3.8, 4) is 11.3 Å². The average molecular weight is 357 g/mol. The van der Waals surface area contributed by atoms with Crippen LogP contribution in [0.25, 0.3) is 11.3 Å². The summed E-state index contributed by atoms with van der Waals surface area (Å²) in [5.41, 5.74) is 3.57. The lowest BCUT2D eigenvalue weighted by Gasteiger charge is -2.20. The fourth-order valence-corrected chi connectivity index (χ4v) is 2.98. The van der Waals surface area contributed by atoms with E-state index in [0.29, 0.717) is 12.1 Å². The second-order valence-electron chi connectivity index (χ2n) is 6.24. The highest BCUT2D eigenvalue weighted by molar-refractivity contribution is 5.94. The zero-order valence-corrected chi connectivity index (χ0v) is 14.6. The number of nitrogens with one attached hydrogen (secondary N) is 2. The number of rotatable bonds is 6. The highest BCUT2D eigenvalue weighted by Crippen LogP contribution is 2.19. The number of aromatic amines is 1. The number of hydrogen-bond acceptors (Lipinski definition) is 3. The largest absolute Gasteiger partial charge is 0.343 e. The Kier molecular flexibility index (Phi) is 4.78. The molecule has 0 aliphatic rings. The second-order valence-corrected chi connectivity index (χ2v) is 6.24. The van der Waals surface area contributed by atoms with Crippen molar-refractivity contribution in [2.24, 2.45) is 0 Å². The third kappa shape index (κ3) is 3.95. The Morgan fingerprint density at radius 1 is 1.04 bits per heavy atom. The molecule has 0 spiro atoms. The molecule has 4 aromatic rings. The fourth-order valence-electron chi connectivity index (χ4n) is 2.98. The van der Waals surface area contributed by atoms with Gasteiger partial charge in [0.1, 0.15) is 0 Å². The van der Waals surface area contributed by atoms with Gasteiger partial charge in [0, 0.05) is 30.7 Å². The molecule has 0 saturated heterocycles. The monoisotopic (exact) mass is 357 g/mol. The van der Waals surface area contributed by atoms with Gasteiger partial charge in [0.2, 0.25) is 0 Å². The van der Waals surface area contributed by atoms with Crippen LogP contribution in [0.4, 0.5) is 0 Å². The van der Waals surface area contributed by atoms with Gasteiger partial charge >= 0.3 is 0 Å². The maximum absolute atomic E-state index is 12.8. The van der Waals surface area contributed by atoms with E-state index in [0.717, 1.165) is 16.8 Å². The summed E-state index contributed by atoms with van der Waals surface area (Å²) in [6, 6.07) is 19.2. The van der Waals surface area contributed by atoms with E-state index in [1.54, 1.807) is 18.7 Å². The van der Waals surface area contributed by atoms with Crippen LogP contribution in [0.3, 0.4) is 0 Å².